The van der Waals surface area contributed by atoms with E-state index in [-0.39, 0.29) is 12.0 Å². The van der Waals surface area contributed by atoms with Crippen molar-refractivity contribution in [2.75, 3.05) is 19.7 Å². The molecular weight excluding hydrogens is 218 g/mol. The van der Waals surface area contributed by atoms with Gasteiger partial charge in [0.05, 0.1) is 6.54 Å². The molecule has 17 heavy (non-hydrogen) atoms. The number of likely N-dealkylation sites (tertiary alicyclic amines) is 1. The highest BCUT2D eigenvalue weighted by Crippen LogP contribution is 2.21. The minimum Gasteiger partial charge on any atom is -0.396 e. The highest BCUT2D eigenvalue weighted by Gasteiger charge is 2.25. The third-order valence-corrected chi connectivity index (χ3v) is 3.10. The van der Waals surface area contributed by atoms with Crippen LogP contribution in [0.25, 0.3) is 0 Å². The second kappa shape index (κ2) is 4.74. The molecule has 1 aliphatic heterocycles. The lowest BCUT2D eigenvalue weighted by Gasteiger charge is -2.12. The highest BCUT2D eigenvalue weighted by atomic mass is 16.5. The molecule has 1 atom stereocenters. The van der Waals surface area contributed by atoms with Crippen LogP contribution in [0.4, 0.5) is 0 Å². The molecule has 0 amide bonds. The summed E-state index contributed by atoms with van der Waals surface area (Å²) in [5.41, 5.74) is -0.0934. The highest BCUT2D eigenvalue weighted by molar-refractivity contribution is 4.98. The Morgan fingerprint density at radius 1 is 1.47 bits per heavy atom. The second-order valence-electron chi connectivity index (χ2n) is 5.84. The molecule has 0 bridgehead atoms. The first kappa shape index (κ1) is 12.5. The molecule has 1 aromatic heterocycles. The summed E-state index contributed by atoms with van der Waals surface area (Å²) in [5, 5.41) is 13.1. The average Bonchev–Trinajstić information content (AvgIpc) is 2.86. The van der Waals surface area contributed by atoms with Gasteiger partial charge in [0.15, 0.2) is 5.82 Å². The van der Waals surface area contributed by atoms with Crippen molar-refractivity contribution in [3.05, 3.63) is 11.7 Å². The molecule has 0 spiro atoms. The van der Waals surface area contributed by atoms with Crippen LogP contribution in [0.15, 0.2) is 4.52 Å². The fourth-order valence-electron chi connectivity index (χ4n) is 2.03. The summed E-state index contributed by atoms with van der Waals surface area (Å²) in [4.78, 5) is 6.68. The molecule has 1 aromatic rings. The number of aliphatic hydroxyl groups excluding tert-OH is 1. The van der Waals surface area contributed by atoms with Crippen LogP contribution >= 0.6 is 0 Å². The van der Waals surface area contributed by atoms with E-state index in [1.807, 2.05) is 0 Å². The van der Waals surface area contributed by atoms with Crippen LogP contribution in [0.3, 0.4) is 0 Å². The van der Waals surface area contributed by atoms with Crippen LogP contribution in [0.5, 0.6) is 0 Å². The van der Waals surface area contributed by atoms with Gasteiger partial charge in [-0.2, -0.15) is 4.98 Å². The Kier molecular flexibility index (Phi) is 3.49. The lowest BCUT2D eigenvalue weighted by molar-refractivity contribution is 0.218. The van der Waals surface area contributed by atoms with Crippen molar-refractivity contribution in [2.45, 2.75) is 39.2 Å². The van der Waals surface area contributed by atoms with Crippen molar-refractivity contribution in [1.29, 1.82) is 0 Å². The van der Waals surface area contributed by atoms with Crippen LogP contribution in [0.1, 0.15) is 38.9 Å². The van der Waals surface area contributed by atoms with Gasteiger partial charge in [-0.1, -0.05) is 25.9 Å². The Bertz CT molecular complexity index is 370. The fraction of sp³-hybridized carbons (Fsp3) is 0.833. The van der Waals surface area contributed by atoms with Gasteiger partial charge in [-0.05, 0) is 18.9 Å². The van der Waals surface area contributed by atoms with Gasteiger partial charge in [-0.25, -0.2) is 0 Å². The Balaban J connectivity index is 1.94. The Hall–Kier alpha value is -0.940. The maximum atomic E-state index is 9.08. The molecule has 96 valence electrons. The van der Waals surface area contributed by atoms with Crippen molar-refractivity contribution in [3.8, 4) is 0 Å². The zero-order valence-corrected chi connectivity index (χ0v) is 10.8. The predicted octanol–water partition coefficient (Wildman–Crippen LogP) is 1.18. The zero-order chi connectivity index (χ0) is 12.5. The number of aliphatic hydroxyl groups is 1. The molecule has 1 aliphatic rings. The number of hydrogen-bond acceptors (Lipinski definition) is 5. The van der Waals surface area contributed by atoms with Gasteiger partial charge in [0, 0.05) is 18.6 Å². The normalized spacial score (nSPS) is 22.2. The van der Waals surface area contributed by atoms with E-state index in [2.05, 4.69) is 35.8 Å². The van der Waals surface area contributed by atoms with Crippen LogP contribution in [-0.2, 0) is 12.0 Å². The molecular formula is C12H21N3O2. The quantitative estimate of drug-likeness (QED) is 0.858. The first-order chi connectivity index (χ1) is 7.99. The summed E-state index contributed by atoms with van der Waals surface area (Å²) >= 11 is 0. The monoisotopic (exact) mass is 239 g/mol. The summed E-state index contributed by atoms with van der Waals surface area (Å²) < 4.78 is 5.26. The van der Waals surface area contributed by atoms with Gasteiger partial charge in [-0.15, -0.1) is 0 Å². The third kappa shape index (κ3) is 3.04. The minimum absolute atomic E-state index is 0.0934. The lowest BCUT2D eigenvalue weighted by Crippen LogP contribution is -2.22. The molecule has 0 aromatic carbocycles. The number of rotatable bonds is 3. The van der Waals surface area contributed by atoms with E-state index in [1.54, 1.807) is 0 Å². The number of aromatic nitrogens is 2. The maximum absolute atomic E-state index is 9.08. The zero-order valence-electron chi connectivity index (χ0n) is 10.8. The Morgan fingerprint density at radius 2 is 2.24 bits per heavy atom. The summed E-state index contributed by atoms with van der Waals surface area (Å²) in [6.07, 6.45) is 1.06. The van der Waals surface area contributed by atoms with E-state index in [1.165, 1.54) is 0 Å². The van der Waals surface area contributed by atoms with Crippen LogP contribution in [0, 0.1) is 5.92 Å². The minimum atomic E-state index is -0.0934. The molecule has 5 heteroatoms. The Morgan fingerprint density at radius 3 is 2.76 bits per heavy atom. The summed E-state index contributed by atoms with van der Waals surface area (Å²) in [6, 6.07) is 0. The van der Waals surface area contributed by atoms with E-state index in [4.69, 9.17) is 9.63 Å². The van der Waals surface area contributed by atoms with E-state index in [0.29, 0.717) is 11.8 Å². The smallest absolute Gasteiger partial charge is 0.232 e. The van der Waals surface area contributed by atoms with E-state index < -0.39 is 0 Å². The molecule has 1 N–H and O–H groups in total. The topological polar surface area (TPSA) is 62.4 Å². The van der Waals surface area contributed by atoms with Crippen molar-refractivity contribution in [2.24, 2.45) is 5.92 Å². The third-order valence-electron chi connectivity index (χ3n) is 3.10. The standard InChI is InChI=1S/C12H21N3O2/c1-12(2,3)11-13-10(14-17-11)7-15-5-4-9(6-15)8-16/h9,16H,4-8H2,1-3H3. The first-order valence-corrected chi connectivity index (χ1v) is 6.15. The molecule has 0 saturated carbocycles. The van der Waals surface area contributed by atoms with E-state index in [9.17, 15) is 0 Å². The molecule has 2 heterocycles. The van der Waals surface area contributed by atoms with Crippen molar-refractivity contribution in [1.82, 2.24) is 15.0 Å². The fourth-order valence-corrected chi connectivity index (χ4v) is 2.03. The second-order valence-corrected chi connectivity index (χ2v) is 5.84. The summed E-state index contributed by atoms with van der Waals surface area (Å²) in [6.45, 7) is 9.10. The molecule has 0 radical (unpaired) electrons. The first-order valence-electron chi connectivity index (χ1n) is 6.15. The van der Waals surface area contributed by atoms with Crippen LogP contribution in [0.2, 0.25) is 0 Å². The van der Waals surface area contributed by atoms with E-state index >= 15 is 0 Å². The average molecular weight is 239 g/mol. The van der Waals surface area contributed by atoms with Gasteiger partial charge in [0.2, 0.25) is 5.89 Å². The van der Waals surface area contributed by atoms with Gasteiger partial charge >= 0.3 is 0 Å². The Labute approximate surface area is 102 Å². The lowest BCUT2D eigenvalue weighted by atomic mass is 9.97. The van der Waals surface area contributed by atoms with Crippen LogP contribution < -0.4 is 0 Å². The number of hydrogen-bond donors (Lipinski definition) is 1. The maximum Gasteiger partial charge on any atom is 0.232 e. The largest absolute Gasteiger partial charge is 0.396 e. The molecule has 1 saturated heterocycles. The van der Waals surface area contributed by atoms with Gasteiger partial charge < -0.3 is 9.63 Å². The molecule has 1 fully saturated rings. The molecule has 0 aliphatic carbocycles. The predicted molar refractivity (Wildman–Crippen MR) is 63.5 cm³/mol. The molecule has 2 rings (SSSR count). The van der Waals surface area contributed by atoms with Crippen molar-refractivity contribution < 1.29 is 9.63 Å². The van der Waals surface area contributed by atoms with Gasteiger partial charge in [0.25, 0.3) is 0 Å². The molecule has 1 unspecified atom stereocenters. The van der Waals surface area contributed by atoms with Crippen molar-refractivity contribution >= 4 is 0 Å². The molecule has 5 nitrogen and oxygen atoms in total. The SMILES string of the molecule is CC(C)(C)c1nc(CN2CCC(CO)C2)no1. The summed E-state index contributed by atoms with van der Waals surface area (Å²) in [5.74, 6) is 1.84. The van der Waals surface area contributed by atoms with Gasteiger partial charge in [-0.3, -0.25) is 4.90 Å². The van der Waals surface area contributed by atoms with Crippen LogP contribution in [-0.4, -0.2) is 39.8 Å². The van der Waals surface area contributed by atoms with Gasteiger partial charge in [0.1, 0.15) is 0 Å². The number of nitrogens with zero attached hydrogens (tertiary/aromatic N) is 3. The van der Waals surface area contributed by atoms with Crippen molar-refractivity contribution in [3.63, 3.8) is 0 Å². The summed E-state index contributed by atoms with van der Waals surface area (Å²) in [7, 11) is 0. The van der Waals surface area contributed by atoms with E-state index in [0.717, 1.165) is 31.9 Å².